The molecule has 4 fully saturated rings. The molecule has 3 atom stereocenters. The summed E-state index contributed by atoms with van der Waals surface area (Å²) in [6.07, 6.45) is 16.1. The molecule has 0 aromatic carbocycles. The topological polar surface area (TPSA) is 46.5 Å². The summed E-state index contributed by atoms with van der Waals surface area (Å²) in [6.45, 7) is 16.0. The molecule has 33 heavy (non-hydrogen) atoms. The van der Waals surface area contributed by atoms with Crippen molar-refractivity contribution >= 4 is 5.97 Å². The molecule has 4 bridgehead atoms. The summed E-state index contributed by atoms with van der Waals surface area (Å²) >= 11 is 0. The highest BCUT2D eigenvalue weighted by molar-refractivity contribution is 5.78. The third kappa shape index (κ3) is 5.99. The van der Waals surface area contributed by atoms with Crippen molar-refractivity contribution in [1.29, 1.82) is 0 Å². The third-order valence-electron chi connectivity index (χ3n) is 9.92. The minimum absolute atomic E-state index is 0.00999. The van der Waals surface area contributed by atoms with Crippen molar-refractivity contribution in [3.05, 3.63) is 0 Å². The molecule has 3 unspecified atom stereocenters. The van der Waals surface area contributed by atoms with E-state index < -0.39 is 16.6 Å². The van der Waals surface area contributed by atoms with E-state index in [4.69, 9.17) is 4.74 Å². The standard InChI is InChI=1S/C30H54O3/c1-8-10-12-13-14-26(3,4)21-28(7,27(5,6)15-11-9-2)25(31)33-30-19-23-16-24(20-30)18-29(32,17-23)22-30/h23-24,32H,8-22H2,1-7H3. The Morgan fingerprint density at radius 2 is 1.48 bits per heavy atom. The van der Waals surface area contributed by atoms with Gasteiger partial charge in [-0.2, -0.15) is 0 Å². The molecule has 3 heteroatoms. The van der Waals surface area contributed by atoms with E-state index >= 15 is 0 Å². The van der Waals surface area contributed by atoms with Gasteiger partial charge in [0.2, 0.25) is 0 Å². The second-order valence-electron chi connectivity index (χ2n) is 14.2. The van der Waals surface area contributed by atoms with Gasteiger partial charge in [-0.05, 0) is 81.0 Å². The van der Waals surface area contributed by atoms with Gasteiger partial charge in [-0.15, -0.1) is 0 Å². The number of carbonyl (C=O) groups is 1. The van der Waals surface area contributed by atoms with Gasteiger partial charge < -0.3 is 9.84 Å². The van der Waals surface area contributed by atoms with Crippen molar-refractivity contribution in [3.8, 4) is 0 Å². The predicted octanol–water partition coefficient (Wildman–Crippen LogP) is 8.22. The van der Waals surface area contributed by atoms with Gasteiger partial charge in [0.05, 0.1) is 11.0 Å². The second kappa shape index (κ2) is 9.82. The molecule has 4 rings (SSSR count). The van der Waals surface area contributed by atoms with Gasteiger partial charge >= 0.3 is 5.97 Å². The SMILES string of the molecule is CCCCCCC(C)(C)CC(C)(C(=O)OC12CC3CC(CC(O)(C3)C1)C2)C(C)(C)CCCC. The van der Waals surface area contributed by atoms with Crippen molar-refractivity contribution in [2.45, 2.75) is 156 Å². The maximum Gasteiger partial charge on any atom is 0.312 e. The summed E-state index contributed by atoms with van der Waals surface area (Å²) < 4.78 is 6.64. The zero-order valence-electron chi connectivity index (χ0n) is 23.0. The number of unbranched alkanes of at least 4 members (excludes halogenated alkanes) is 4. The summed E-state index contributed by atoms with van der Waals surface area (Å²) in [7, 11) is 0. The quantitative estimate of drug-likeness (QED) is 0.221. The summed E-state index contributed by atoms with van der Waals surface area (Å²) in [5.74, 6) is 1.06. The van der Waals surface area contributed by atoms with Crippen LogP contribution >= 0.6 is 0 Å². The smallest absolute Gasteiger partial charge is 0.312 e. The zero-order chi connectivity index (χ0) is 24.5. The third-order valence-corrected chi connectivity index (χ3v) is 9.92. The van der Waals surface area contributed by atoms with Crippen LogP contribution in [0, 0.1) is 28.1 Å². The molecule has 0 saturated heterocycles. The average molecular weight is 463 g/mol. The van der Waals surface area contributed by atoms with Crippen LogP contribution in [-0.4, -0.2) is 22.3 Å². The summed E-state index contributed by atoms with van der Waals surface area (Å²) in [5.41, 5.74) is -1.58. The lowest BCUT2D eigenvalue weighted by Gasteiger charge is -2.60. The van der Waals surface area contributed by atoms with Gasteiger partial charge in [-0.1, -0.05) is 80.1 Å². The summed E-state index contributed by atoms with van der Waals surface area (Å²) in [4.78, 5) is 14.2. The van der Waals surface area contributed by atoms with E-state index in [-0.39, 0.29) is 16.8 Å². The Kier molecular flexibility index (Phi) is 8.04. The molecule has 4 aliphatic carbocycles. The van der Waals surface area contributed by atoms with E-state index in [0.29, 0.717) is 18.3 Å². The van der Waals surface area contributed by atoms with E-state index in [9.17, 15) is 9.90 Å². The highest BCUT2D eigenvalue weighted by Gasteiger charge is 2.61. The number of hydrogen-bond acceptors (Lipinski definition) is 3. The Hall–Kier alpha value is -0.570. The van der Waals surface area contributed by atoms with Crippen LogP contribution in [0.1, 0.15) is 145 Å². The molecular formula is C30H54O3. The minimum Gasteiger partial charge on any atom is -0.459 e. The minimum atomic E-state index is -0.600. The van der Waals surface area contributed by atoms with Gasteiger partial charge in [0, 0.05) is 6.42 Å². The van der Waals surface area contributed by atoms with Crippen LogP contribution in [-0.2, 0) is 9.53 Å². The van der Waals surface area contributed by atoms with Gasteiger partial charge in [-0.3, -0.25) is 4.79 Å². The summed E-state index contributed by atoms with van der Waals surface area (Å²) in [5, 5.41) is 11.2. The van der Waals surface area contributed by atoms with Crippen molar-refractivity contribution < 1.29 is 14.6 Å². The Balaban J connectivity index is 1.80. The Bertz CT molecular complexity index is 664. The molecule has 0 aliphatic heterocycles. The highest BCUT2D eigenvalue weighted by Crippen LogP contribution is 2.60. The fraction of sp³-hybridized carbons (Fsp3) is 0.967. The molecule has 192 valence electrons. The van der Waals surface area contributed by atoms with Crippen LogP contribution in [0.15, 0.2) is 0 Å². The molecule has 0 spiro atoms. The van der Waals surface area contributed by atoms with Gasteiger partial charge in [-0.25, -0.2) is 0 Å². The molecule has 4 saturated carbocycles. The number of aliphatic hydroxyl groups is 1. The molecular weight excluding hydrogens is 408 g/mol. The molecule has 0 heterocycles. The zero-order valence-corrected chi connectivity index (χ0v) is 23.0. The van der Waals surface area contributed by atoms with Gasteiger partial charge in [0.25, 0.3) is 0 Å². The fourth-order valence-electron chi connectivity index (χ4n) is 8.12. The van der Waals surface area contributed by atoms with Crippen molar-refractivity contribution in [2.75, 3.05) is 0 Å². The second-order valence-corrected chi connectivity index (χ2v) is 14.2. The van der Waals surface area contributed by atoms with Crippen molar-refractivity contribution in [3.63, 3.8) is 0 Å². The van der Waals surface area contributed by atoms with Crippen LogP contribution in [0.25, 0.3) is 0 Å². The highest BCUT2D eigenvalue weighted by atomic mass is 16.6. The predicted molar refractivity (Wildman–Crippen MR) is 137 cm³/mol. The van der Waals surface area contributed by atoms with Gasteiger partial charge in [0.1, 0.15) is 5.60 Å². The average Bonchev–Trinajstić information content (AvgIpc) is 2.67. The van der Waals surface area contributed by atoms with Crippen LogP contribution < -0.4 is 0 Å². The largest absolute Gasteiger partial charge is 0.459 e. The van der Waals surface area contributed by atoms with Gasteiger partial charge in [0.15, 0.2) is 0 Å². The van der Waals surface area contributed by atoms with Crippen LogP contribution in [0.4, 0.5) is 0 Å². The first-order valence-corrected chi connectivity index (χ1v) is 14.2. The normalized spacial score (nSPS) is 33.2. The Morgan fingerprint density at radius 1 is 0.879 bits per heavy atom. The van der Waals surface area contributed by atoms with E-state index in [0.717, 1.165) is 57.8 Å². The Morgan fingerprint density at radius 3 is 2.03 bits per heavy atom. The first-order chi connectivity index (χ1) is 15.3. The molecule has 1 N–H and O–H groups in total. The number of carbonyl (C=O) groups excluding carboxylic acids is 1. The van der Waals surface area contributed by atoms with E-state index in [1.807, 2.05) is 0 Å². The van der Waals surface area contributed by atoms with E-state index in [1.54, 1.807) is 0 Å². The fourth-order valence-corrected chi connectivity index (χ4v) is 8.12. The monoisotopic (exact) mass is 462 g/mol. The molecule has 0 amide bonds. The number of hydrogen-bond donors (Lipinski definition) is 1. The van der Waals surface area contributed by atoms with E-state index in [1.165, 1.54) is 32.1 Å². The molecule has 3 nitrogen and oxygen atoms in total. The summed E-state index contributed by atoms with van der Waals surface area (Å²) in [6, 6.07) is 0. The molecule has 0 radical (unpaired) electrons. The van der Waals surface area contributed by atoms with Crippen molar-refractivity contribution in [2.24, 2.45) is 28.1 Å². The molecule has 0 aromatic heterocycles. The lowest BCUT2D eigenvalue weighted by atomic mass is 9.52. The number of rotatable bonds is 13. The first kappa shape index (κ1) is 27.0. The number of ether oxygens (including phenoxy) is 1. The maximum absolute atomic E-state index is 14.2. The number of esters is 1. The van der Waals surface area contributed by atoms with Crippen molar-refractivity contribution in [1.82, 2.24) is 0 Å². The van der Waals surface area contributed by atoms with Crippen LogP contribution in [0.5, 0.6) is 0 Å². The first-order valence-electron chi connectivity index (χ1n) is 14.2. The Labute approximate surface area is 204 Å². The van der Waals surface area contributed by atoms with Crippen LogP contribution in [0.3, 0.4) is 0 Å². The lowest BCUT2D eigenvalue weighted by Crippen LogP contribution is -2.61. The van der Waals surface area contributed by atoms with Crippen LogP contribution in [0.2, 0.25) is 0 Å². The maximum atomic E-state index is 14.2. The van der Waals surface area contributed by atoms with E-state index in [2.05, 4.69) is 48.5 Å². The molecule has 4 aliphatic rings. The lowest BCUT2D eigenvalue weighted by molar-refractivity contribution is -0.231. The molecule has 0 aromatic rings.